The molecular formula is C17H21ClN2O2. The first-order chi connectivity index (χ1) is 10.3. The Labute approximate surface area is 136 Å². The van der Waals surface area contributed by atoms with E-state index in [0.29, 0.717) is 13.2 Å². The number of carbonyl (C=O) groups excluding carboxylic acids is 1. The van der Waals surface area contributed by atoms with Gasteiger partial charge in [-0.25, -0.2) is 0 Å². The normalized spacial score (nSPS) is 18.7. The van der Waals surface area contributed by atoms with Gasteiger partial charge >= 0.3 is 0 Å². The van der Waals surface area contributed by atoms with Crippen molar-refractivity contribution in [2.24, 2.45) is 5.73 Å². The number of nitrogens with one attached hydrogen (secondary N) is 1. The lowest BCUT2D eigenvalue weighted by Crippen LogP contribution is -2.39. The van der Waals surface area contributed by atoms with Gasteiger partial charge in [-0.15, -0.1) is 12.4 Å². The molecule has 0 aliphatic carbocycles. The number of halogens is 1. The molecule has 0 aromatic heterocycles. The van der Waals surface area contributed by atoms with Crippen molar-refractivity contribution in [1.82, 2.24) is 5.32 Å². The smallest absolute Gasteiger partial charge is 0.249 e. The third kappa shape index (κ3) is 3.58. The van der Waals surface area contributed by atoms with E-state index in [-0.39, 0.29) is 30.5 Å². The molecule has 22 heavy (non-hydrogen) atoms. The fraction of sp³-hybridized carbons (Fsp3) is 0.353. The summed E-state index contributed by atoms with van der Waals surface area (Å²) < 4.78 is 5.41. The molecular weight excluding hydrogens is 300 g/mol. The molecule has 1 aliphatic rings. The van der Waals surface area contributed by atoms with Crippen LogP contribution in [0.5, 0.6) is 0 Å². The maximum absolute atomic E-state index is 12.2. The van der Waals surface area contributed by atoms with Gasteiger partial charge in [0.25, 0.3) is 0 Å². The van der Waals surface area contributed by atoms with Crippen molar-refractivity contribution in [3.05, 3.63) is 48.0 Å². The van der Waals surface area contributed by atoms with Gasteiger partial charge < -0.3 is 15.8 Å². The topological polar surface area (TPSA) is 64.3 Å². The molecule has 0 bridgehead atoms. The van der Waals surface area contributed by atoms with E-state index in [1.165, 1.54) is 5.39 Å². The van der Waals surface area contributed by atoms with Crippen molar-refractivity contribution in [2.75, 3.05) is 13.2 Å². The van der Waals surface area contributed by atoms with Crippen LogP contribution in [0.15, 0.2) is 42.5 Å². The van der Waals surface area contributed by atoms with E-state index >= 15 is 0 Å². The van der Waals surface area contributed by atoms with Crippen LogP contribution in [0.3, 0.4) is 0 Å². The zero-order valence-corrected chi connectivity index (χ0v) is 13.1. The SMILES string of the molecule is Cl.NCC(NC(=O)C1CCCO1)c1ccc2ccccc2c1. The van der Waals surface area contributed by atoms with Crippen molar-refractivity contribution in [1.29, 1.82) is 0 Å². The number of benzene rings is 2. The van der Waals surface area contributed by atoms with E-state index in [4.69, 9.17) is 10.5 Å². The minimum Gasteiger partial charge on any atom is -0.368 e. The summed E-state index contributed by atoms with van der Waals surface area (Å²) in [6.45, 7) is 1.04. The first kappa shape index (κ1) is 16.7. The van der Waals surface area contributed by atoms with Gasteiger partial charge in [-0.2, -0.15) is 0 Å². The van der Waals surface area contributed by atoms with E-state index in [1.54, 1.807) is 0 Å². The van der Waals surface area contributed by atoms with Crippen molar-refractivity contribution in [3.63, 3.8) is 0 Å². The molecule has 2 unspecified atom stereocenters. The van der Waals surface area contributed by atoms with Gasteiger partial charge in [0.15, 0.2) is 0 Å². The van der Waals surface area contributed by atoms with Gasteiger partial charge in [0.1, 0.15) is 6.10 Å². The van der Waals surface area contributed by atoms with Crippen LogP contribution >= 0.6 is 12.4 Å². The molecule has 0 radical (unpaired) electrons. The molecule has 0 spiro atoms. The van der Waals surface area contributed by atoms with E-state index in [1.807, 2.05) is 18.2 Å². The summed E-state index contributed by atoms with van der Waals surface area (Å²) in [7, 11) is 0. The molecule has 1 fully saturated rings. The number of amides is 1. The number of hydrogen-bond acceptors (Lipinski definition) is 3. The van der Waals surface area contributed by atoms with Crippen LogP contribution in [0.25, 0.3) is 10.8 Å². The number of rotatable bonds is 4. The second-order valence-electron chi connectivity index (χ2n) is 5.41. The highest BCUT2D eigenvalue weighted by Gasteiger charge is 2.25. The van der Waals surface area contributed by atoms with Gasteiger partial charge in [-0.3, -0.25) is 4.79 Å². The quantitative estimate of drug-likeness (QED) is 0.910. The second kappa shape index (κ2) is 7.58. The van der Waals surface area contributed by atoms with Gasteiger partial charge in [-0.1, -0.05) is 36.4 Å². The van der Waals surface area contributed by atoms with Crippen LogP contribution in [0.1, 0.15) is 24.4 Å². The highest BCUT2D eigenvalue weighted by molar-refractivity contribution is 5.85. The number of hydrogen-bond donors (Lipinski definition) is 2. The Bertz CT molecular complexity index is 641. The summed E-state index contributed by atoms with van der Waals surface area (Å²) >= 11 is 0. The molecule has 1 aliphatic heterocycles. The molecule has 2 aromatic carbocycles. The molecule has 2 aromatic rings. The average Bonchev–Trinajstić information content (AvgIpc) is 3.06. The monoisotopic (exact) mass is 320 g/mol. The molecule has 0 saturated carbocycles. The maximum atomic E-state index is 12.2. The van der Waals surface area contributed by atoms with Gasteiger partial charge in [0.2, 0.25) is 5.91 Å². The average molecular weight is 321 g/mol. The van der Waals surface area contributed by atoms with Crippen molar-refractivity contribution < 1.29 is 9.53 Å². The number of fused-ring (bicyclic) bond motifs is 1. The highest BCUT2D eigenvalue weighted by Crippen LogP contribution is 2.21. The summed E-state index contributed by atoms with van der Waals surface area (Å²) in [5.74, 6) is -0.0592. The van der Waals surface area contributed by atoms with Crippen LogP contribution in [0, 0.1) is 0 Å². The fourth-order valence-corrected chi connectivity index (χ4v) is 2.75. The summed E-state index contributed by atoms with van der Waals surface area (Å²) in [4.78, 5) is 12.2. The van der Waals surface area contributed by atoms with Crippen molar-refractivity contribution in [2.45, 2.75) is 25.0 Å². The molecule has 3 N–H and O–H groups in total. The first-order valence-corrected chi connectivity index (χ1v) is 7.38. The molecule has 5 heteroatoms. The minimum absolute atomic E-state index is 0. The lowest BCUT2D eigenvalue weighted by molar-refractivity contribution is -0.130. The number of nitrogens with two attached hydrogens (primary N) is 1. The number of ether oxygens (including phenoxy) is 1. The third-order valence-corrected chi connectivity index (χ3v) is 3.95. The standard InChI is InChI=1S/C17H20N2O2.ClH/c18-11-15(19-17(20)16-6-3-9-21-16)14-8-7-12-4-1-2-5-13(12)10-14;/h1-2,4-5,7-8,10,15-16H,3,6,9,11,18H2,(H,19,20);1H. The maximum Gasteiger partial charge on any atom is 0.249 e. The van der Waals surface area contributed by atoms with Crippen LogP contribution in [-0.2, 0) is 9.53 Å². The van der Waals surface area contributed by atoms with Gasteiger partial charge in [-0.05, 0) is 35.2 Å². The lowest BCUT2D eigenvalue weighted by atomic mass is 10.0. The predicted octanol–water partition coefficient (Wildman–Crippen LogP) is 2.56. The zero-order chi connectivity index (χ0) is 14.7. The first-order valence-electron chi connectivity index (χ1n) is 7.38. The Kier molecular flexibility index (Phi) is 5.77. The van der Waals surface area contributed by atoms with Crippen LogP contribution in [0.2, 0.25) is 0 Å². The third-order valence-electron chi connectivity index (χ3n) is 3.95. The van der Waals surface area contributed by atoms with Crippen molar-refractivity contribution in [3.8, 4) is 0 Å². The van der Waals surface area contributed by atoms with E-state index < -0.39 is 0 Å². The minimum atomic E-state index is -0.320. The lowest BCUT2D eigenvalue weighted by Gasteiger charge is -2.20. The van der Waals surface area contributed by atoms with Gasteiger partial charge in [0, 0.05) is 13.2 Å². The van der Waals surface area contributed by atoms with Crippen molar-refractivity contribution >= 4 is 29.1 Å². The predicted molar refractivity (Wildman–Crippen MR) is 90.1 cm³/mol. The molecule has 1 saturated heterocycles. The highest BCUT2D eigenvalue weighted by atomic mass is 35.5. The number of carbonyl (C=O) groups is 1. The van der Waals surface area contributed by atoms with E-state index in [0.717, 1.165) is 23.8 Å². The second-order valence-corrected chi connectivity index (χ2v) is 5.41. The molecule has 4 nitrogen and oxygen atoms in total. The van der Waals surface area contributed by atoms with Crippen LogP contribution < -0.4 is 11.1 Å². The fourth-order valence-electron chi connectivity index (χ4n) is 2.75. The summed E-state index contributed by atoms with van der Waals surface area (Å²) in [6, 6.07) is 14.2. The largest absolute Gasteiger partial charge is 0.368 e. The Hall–Kier alpha value is -1.62. The molecule has 1 heterocycles. The molecule has 1 amide bonds. The summed E-state index contributed by atoms with van der Waals surface area (Å²) in [5, 5.41) is 5.34. The Morgan fingerprint density at radius 3 is 2.73 bits per heavy atom. The van der Waals surface area contributed by atoms with E-state index in [2.05, 4.69) is 29.6 Å². The van der Waals surface area contributed by atoms with Crippen LogP contribution in [-0.4, -0.2) is 25.2 Å². The summed E-state index contributed by atoms with van der Waals surface area (Å²) in [5.41, 5.74) is 6.87. The van der Waals surface area contributed by atoms with E-state index in [9.17, 15) is 4.79 Å². The molecule has 2 atom stereocenters. The Morgan fingerprint density at radius 1 is 1.27 bits per heavy atom. The summed E-state index contributed by atoms with van der Waals surface area (Å²) in [6.07, 6.45) is 1.42. The molecule has 3 rings (SSSR count). The van der Waals surface area contributed by atoms with Crippen LogP contribution in [0.4, 0.5) is 0 Å². The zero-order valence-electron chi connectivity index (χ0n) is 12.3. The van der Waals surface area contributed by atoms with Gasteiger partial charge in [0.05, 0.1) is 6.04 Å². The Morgan fingerprint density at radius 2 is 2.05 bits per heavy atom. The molecule has 118 valence electrons. The Balaban J connectivity index is 0.00000176.